The highest BCUT2D eigenvalue weighted by Gasteiger charge is 2.29. The maximum Gasteiger partial charge on any atom is 0.261 e. The van der Waals surface area contributed by atoms with Crippen molar-refractivity contribution in [3.63, 3.8) is 0 Å². The van der Waals surface area contributed by atoms with Crippen LogP contribution in [0.1, 0.15) is 44.0 Å². The summed E-state index contributed by atoms with van der Waals surface area (Å²) in [6.07, 6.45) is 6.32. The van der Waals surface area contributed by atoms with E-state index < -0.39 is 0 Å². The minimum atomic E-state index is 0.000894. The van der Waals surface area contributed by atoms with Gasteiger partial charge in [-0.2, -0.15) is 0 Å². The van der Waals surface area contributed by atoms with Gasteiger partial charge in [-0.05, 0) is 86.2 Å². The van der Waals surface area contributed by atoms with Crippen molar-refractivity contribution in [3.05, 3.63) is 64.3 Å². The van der Waals surface area contributed by atoms with Crippen molar-refractivity contribution in [3.8, 4) is 0 Å². The average molecular weight is 435 g/mol. The second-order valence-corrected chi connectivity index (χ2v) is 9.50. The lowest BCUT2D eigenvalue weighted by Crippen LogP contribution is -2.46. The normalized spacial score (nSPS) is 17.4. The molecule has 1 saturated heterocycles. The molecule has 1 fully saturated rings. The van der Waals surface area contributed by atoms with Crippen LogP contribution in [0.25, 0.3) is 10.1 Å². The first-order valence-electron chi connectivity index (χ1n) is 10.8. The third-order valence-corrected chi connectivity index (χ3v) is 7.61. The standard InChI is InChI=1S/C24H26N4O2S/c1-27-12-7-18(8-13-27)28(15-16-4-9-25-10-5-16)24(30)17-2-3-21-20(14-17)19-6-11-26-23(29)22(19)31-21/h2-5,9-10,14,18H,6-8,11-13,15H2,1H3,(H,26,29). The molecule has 2 aliphatic heterocycles. The maximum atomic E-state index is 13.7. The molecule has 1 aromatic carbocycles. The molecular weight excluding hydrogens is 408 g/mol. The molecule has 0 bridgehead atoms. The summed E-state index contributed by atoms with van der Waals surface area (Å²) >= 11 is 1.52. The molecule has 3 aromatic rings. The van der Waals surface area contributed by atoms with Crippen molar-refractivity contribution in [1.29, 1.82) is 0 Å². The van der Waals surface area contributed by atoms with Crippen molar-refractivity contribution in [2.45, 2.75) is 31.8 Å². The lowest BCUT2D eigenvalue weighted by molar-refractivity contribution is 0.0569. The van der Waals surface area contributed by atoms with Gasteiger partial charge >= 0.3 is 0 Å². The summed E-state index contributed by atoms with van der Waals surface area (Å²) in [6, 6.07) is 10.1. The Hall–Kier alpha value is -2.77. The van der Waals surface area contributed by atoms with Gasteiger partial charge in [-0.25, -0.2) is 0 Å². The Kier molecular flexibility index (Phi) is 5.46. The number of pyridine rings is 1. The molecule has 1 N–H and O–H groups in total. The maximum absolute atomic E-state index is 13.7. The zero-order chi connectivity index (χ0) is 21.4. The van der Waals surface area contributed by atoms with Gasteiger partial charge in [0, 0.05) is 41.8 Å². The van der Waals surface area contributed by atoms with Gasteiger partial charge in [-0.1, -0.05) is 0 Å². The molecule has 0 aliphatic carbocycles. The highest BCUT2D eigenvalue weighted by atomic mass is 32.1. The Morgan fingerprint density at radius 3 is 2.77 bits per heavy atom. The van der Waals surface area contributed by atoms with Crippen LogP contribution in [0.15, 0.2) is 42.7 Å². The molecule has 0 saturated carbocycles. The molecule has 7 heteroatoms. The Labute approximate surface area is 185 Å². The van der Waals surface area contributed by atoms with E-state index in [1.807, 2.05) is 35.2 Å². The fourth-order valence-corrected chi connectivity index (χ4v) is 5.77. The number of amides is 2. The van der Waals surface area contributed by atoms with E-state index in [1.54, 1.807) is 12.4 Å². The molecule has 2 aliphatic rings. The number of hydrogen-bond acceptors (Lipinski definition) is 5. The summed E-state index contributed by atoms with van der Waals surface area (Å²) in [5.74, 6) is 0.0643. The SMILES string of the molecule is CN1CCC(N(Cc2ccncc2)C(=O)c2ccc3sc4c(c3c2)CCNC4=O)CC1. The largest absolute Gasteiger partial charge is 0.351 e. The number of thiophene rings is 1. The van der Waals surface area contributed by atoms with E-state index in [4.69, 9.17) is 0 Å². The van der Waals surface area contributed by atoms with E-state index >= 15 is 0 Å². The summed E-state index contributed by atoms with van der Waals surface area (Å²) in [6.45, 7) is 3.23. The molecule has 5 rings (SSSR count). The highest BCUT2D eigenvalue weighted by Crippen LogP contribution is 2.34. The van der Waals surface area contributed by atoms with E-state index in [1.165, 1.54) is 11.3 Å². The first-order chi connectivity index (χ1) is 15.1. The Balaban J connectivity index is 1.49. The molecule has 0 spiro atoms. The van der Waals surface area contributed by atoms with E-state index in [2.05, 4.69) is 22.2 Å². The smallest absolute Gasteiger partial charge is 0.261 e. The Morgan fingerprint density at radius 1 is 1.23 bits per heavy atom. The molecule has 2 amide bonds. The van der Waals surface area contributed by atoms with E-state index in [-0.39, 0.29) is 17.9 Å². The third kappa shape index (κ3) is 3.95. The van der Waals surface area contributed by atoms with Gasteiger partial charge in [-0.3, -0.25) is 14.6 Å². The number of rotatable bonds is 4. The van der Waals surface area contributed by atoms with Gasteiger partial charge in [0.1, 0.15) is 0 Å². The van der Waals surface area contributed by atoms with Crippen LogP contribution in [0.3, 0.4) is 0 Å². The number of nitrogens with one attached hydrogen (secondary N) is 1. The highest BCUT2D eigenvalue weighted by molar-refractivity contribution is 7.21. The second kappa shape index (κ2) is 8.40. The van der Waals surface area contributed by atoms with E-state index in [0.717, 1.165) is 58.4 Å². The van der Waals surface area contributed by atoms with Gasteiger partial charge in [0.25, 0.3) is 11.8 Å². The molecule has 160 valence electrons. The molecule has 2 aromatic heterocycles. The molecule has 31 heavy (non-hydrogen) atoms. The first kappa shape index (κ1) is 20.2. The number of aromatic nitrogens is 1. The number of nitrogens with zero attached hydrogens (tertiary/aromatic N) is 3. The summed E-state index contributed by atoms with van der Waals surface area (Å²) in [7, 11) is 2.13. The van der Waals surface area contributed by atoms with Gasteiger partial charge < -0.3 is 15.1 Å². The number of likely N-dealkylation sites (tertiary alicyclic amines) is 1. The predicted molar refractivity (Wildman–Crippen MR) is 122 cm³/mol. The lowest BCUT2D eigenvalue weighted by Gasteiger charge is -2.37. The monoisotopic (exact) mass is 434 g/mol. The number of carbonyl (C=O) groups excluding carboxylic acids is 2. The number of hydrogen-bond donors (Lipinski definition) is 1. The fourth-order valence-electron chi connectivity index (χ4n) is 4.62. The summed E-state index contributed by atoms with van der Waals surface area (Å²) < 4.78 is 1.07. The molecule has 6 nitrogen and oxygen atoms in total. The Morgan fingerprint density at radius 2 is 2.00 bits per heavy atom. The van der Waals surface area contributed by atoms with Crippen molar-refractivity contribution in [2.75, 3.05) is 26.7 Å². The van der Waals surface area contributed by atoms with Crippen molar-refractivity contribution < 1.29 is 9.59 Å². The van der Waals surface area contributed by atoms with Crippen molar-refractivity contribution in [2.24, 2.45) is 0 Å². The molecular formula is C24H26N4O2S. The molecule has 0 radical (unpaired) electrons. The average Bonchev–Trinajstić information content (AvgIpc) is 3.18. The zero-order valence-corrected chi connectivity index (χ0v) is 18.5. The second-order valence-electron chi connectivity index (χ2n) is 8.45. The lowest BCUT2D eigenvalue weighted by atomic mass is 9.99. The van der Waals surface area contributed by atoms with Gasteiger partial charge in [0.2, 0.25) is 0 Å². The van der Waals surface area contributed by atoms with E-state index in [9.17, 15) is 9.59 Å². The number of benzene rings is 1. The van der Waals surface area contributed by atoms with Crippen LogP contribution in [-0.4, -0.2) is 59.3 Å². The van der Waals surface area contributed by atoms with Crippen LogP contribution in [0.4, 0.5) is 0 Å². The quantitative estimate of drug-likeness (QED) is 0.684. The van der Waals surface area contributed by atoms with Crippen LogP contribution in [0.2, 0.25) is 0 Å². The summed E-state index contributed by atoms with van der Waals surface area (Å²) in [4.78, 5) is 35.2. The van der Waals surface area contributed by atoms with Crippen LogP contribution in [0, 0.1) is 0 Å². The number of carbonyl (C=O) groups is 2. The van der Waals surface area contributed by atoms with E-state index in [0.29, 0.717) is 18.7 Å². The minimum Gasteiger partial charge on any atom is -0.351 e. The minimum absolute atomic E-state index is 0.000894. The molecule has 0 atom stereocenters. The fraction of sp³-hybridized carbons (Fsp3) is 0.375. The topological polar surface area (TPSA) is 65.5 Å². The molecule has 0 unspecified atom stereocenters. The Bertz CT molecular complexity index is 1120. The number of piperidine rings is 1. The van der Waals surface area contributed by atoms with Crippen LogP contribution in [-0.2, 0) is 13.0 Å². The summed E-state index contributed by atoms with van der Waals surface area (Å²) in [5.41, 5.74) is 2.87. The predicted octanol–water partition coefficient (Wildman–Crippen LogP) is 3.32. The first-order valence-corrected chi connectivity index (χ1v) is 11.6. The zero-order valence-electron chi connectivity index (χ0n) is 17.6. The van der Waals surface area contributed by atoms with Crippen LogP contribution in [0.5, 0.6) is 0 Å². The van der Waals surface area contributed by atoms with Crippen LogP contribution < -0.4 is 5.32 Å². The van der Waals surface area contributed by atoms with Crippen molar-refractivity contribution >= 4 is 33.2 Å². The summed E-state index contributed by atoms with van der Waals surface area (Å²) in [5, 5.41) is 3.96. The van der Waals surface area contributed by atoms with Crippen LogP contribution >= 0.6 is 11.3 Å². The number of fused-ring (bicyclic) bond motifs is 3. The van der Waals surface area contributed by atoms with Gasteiger partial charge in [0.15, 0.2) is 0 Å². The third-order valence-electron chi connectivity index (χ3n) is 6.40. The van der Waals surface area contributed by atoms with Gasteiger partial charge in [0.05, 0.1) is 4.88 Å². The van der Waals surface area contributed by atoms with Gasteiger partial charge in [-0.15, -0.1) is 11.3 Å². The molecule has 4 heterocycles. The van der Waals surface area contributed by atoms with Crippen molar-refractivity contribution in [1.82, 2.24) is 20.1 Å².